The van der Waals surface area contributed by atoms with Crippen LogP contribution < -0.4 is 0 Å². The second-order valence-corrected chi connectivity index (χ2v) is 5.48. The molecule has 3 rings (SSSR count). The van der Waals surface area contributed by atoms with E-state index in [0.717, 1.165) is 28.2 Å². The fraction of sp³-hybridized carbons (Fsp3) is 0.267. The monoisotopic (exact) mass is 286 g/mol. The molecule has 3 aromatic rings. The average Bonchev–Trinajstić information content (AvgIpc) is 2.78. The maximum absolute atomic E-state index is 6.26. The minimum atomic E-state index is -0.166. The van der Waals surface area contributed by atoms with Crippen molar-refractivity contribution >= 4 is 22.8 Å². The molecule has 0 bridgehead atoms. The van der Waals surface area contributed by atoms with Crippen LogP contribution in [0.3, 0.4) is 0 Å². The maximum atomic E-state index is 6.26. The first-order chi connectivity index (χ1) is 9.65. The third kappa shape index (κ3) is 2.39. The number of rotatable bonds is 3. The minimum Gasteiger partial charge on any atom is -0.307 e. The van der Waals surface area contributed by atoms with Gasteiger partial charge in [0.15, 0.2) is 5.65 Å². The molecule has 1 atom stereocenters. The lowest BCUT2D eigenvalue weighted by atomic mass is 10.3. The topological polar surface area (TPSA) is 43.6 Å². The summed E-state index contributed by atoms with van der Waals surface area (Å²) in [4.78, 5) is 13.3. The highest BCUT2D eigenvalue weighted by molar-refractivity contribution is 6.20. The normalized spacial score (nSPS) is 12.8. The zero-order valence-corrected chi connectivity index (χ0v) is 12.2. The fourth-order valence-corrected chi connectivity index (χ4v) is 2.41. The van der Waals surface area contributed by atoms with E-state index in [4.69, 9.17) is 11.6 Å². The van der Waals surface area contributed by atoms with E-state index in [1.807, 2.05) is 44.3 Å². The molecular weight excluding hydrogens is 272 g/mol. The number of alkyl halides is 1. The van der Waals surface area contributed by atoms with E-state index in [2.05, 4.69) is 19.5 Å². The molecule has 0 fully saturated rings. The van der Waals surface area contributed by atoms with Crippen LogP contribution in [0, 0.1) is 6.92 Å². The summed E-state index contributed by atoms with van der Waals surface area (Å²) in [6, 6.07) is 7.92. The molecular formula is C15H15ClN4. The van der Waals surface area contributed by atoms with E-state index in [1.54, 1.807) is 6.20 Å². The van der Waals surface area contributed by atoms with Gasteiger partial charge in [-0.3, -0.25) is 4.98 Å². The lowest BCUT2D eigenvalue weighted by Crippen LogP contribution is -2.07. The van der Waals surface area contributed by atoms with Crippen molar-refractivity contribution in [2.75, 3.05) is 0 Å². The van der Waals surface area contributed by atoms with Gasteiger partial charge >= 0.3 is 0 Å². The summed E-state index contributed by atoms with van der Waals surface area (Å²) >= 11 is 6.26. The third-order valence-electron chi connectivity index (χ3n) is 3.18. The Morgan fingerprint density at radius 3 is 2.80 bits per heavy atom. The fourth-order valence-electron chi connectivity index (χ4n) is 2.25. The van der Waals surface area contributed by atoms with Crippen LogP contribution in [0.4, 0.5) is 0 Å². The maximum Gasteiger partial charge on any atom is 0.160 e. The summed E-state index contributed by atoms with van der Waals surface area (Å²) in [6.45, 7) is 4.58. The predicted octanol–water partition coefficient (Wildman–Crippen LogP) is 3.48. The van der Waals surface area contributed by atoms with Gasteiger partial charge < -0.3 is 4.57 Å². The van der Waals surface area contributed by atoms with Gasteiger partial charge in [-0.1, -0.05) is 6.07 Å². The molecule has 0 radical (unpaired) electrons. The van der Waals surface area contributed by atoms with Gasteiger partial charge in [-0.25, -0.2) is 9.97 Å². The van der Waals surface area contributed by atoms with Gasteiger partial charge in [-0.15, -0.1) is 11.6 Å². The third-order valence-corrected chi connectivity index (χ3v) is 3.38. The molecule has 3 heterocycles. The largest absolute Gasteiger partial charge is 0.307 e. The van der Waals surface area contributed by atoms with Gasteiger partial charge in [0.25, 0.3) is 0 Å². The van der Waals surface area contributed by atoms with Crippen LogP contribution in [0.15, 0.2) is 36.7 Å². The SMILES string of the molecule is Cc1ccc2nc(C(C)Cl)n(Cc3cccnc3)c2n1. The van der Waals surface area contributed by atoms with Gasteiger partial charge in [0, 0.05) is 18.1 Å². The lowest BCUT2D eigenvalue weighted by molar-refractivity contribution is 0.733. The number of aromatic nitrogens is 4. The molecule has 4 nitrogen and oxygen atoms in total. The zero-order chi connectivity index (χ0) is 14.1. The van der Waals surface area contributed by atoms with Crippen LogP contribution in [0.1, 0.15) is 29.4 Å². The summed E-state index contributed by atoms with van der Waals surface area (Å²) in [5, 5.41) is -0.166. The van der Waals surface area contributed by atoms with Crippen molar-refractivity contribution in [3.05, 3.63) is 53.7 Å². The highest BCUT2D eigenvalue weighted by Crippen LogP contribution is 2.24. The highest BCUT2D eigenvalue weighted by atomic mass is 35.5. The Labute approximate surface area is 122 Å². The van der Waals surface area contributed by atoms with E-state index < -0.39 is 0 Å². The van der Waals surface area contributed by atoms with Crippen molar-refractivity contribution in [3.8, 4) is 0 Å². The van der Waals surface area contributed by atoms with Crippen molar-refractivity contribution < 1.29 is 0 Å². The molecule has 3 aromatic heterocycles. The molecule has 0 saturated heterocycles. The van der Waals surface area contributed by atoms with Gasteiger partial charge in [0.2, 0.25) is 0 Å². The van der Waals surface area contributed by atoms with E-state index in [9.17, 15) is 0 Å². The van der Waals surface area contributed by atoms with E-state index in [1.165, 1.54) is 0 Å². The molecule has 20 heavy (non-hydrogen) atoms. The molecule has 0 aliphatic heterocycles. The Kier molecular flexibility index (Phi) is 3.40. The van der Waals surface area contributed by atoms with Crippen molar-refractivity contribution in [2.45, 2.75) is 25.8 Å². The van der Waals surface area contributed by atoms with E-state index in [0.29, 0.717) is 6.54 Å². The predicted molar refractivity (Wildman–Crippen MR) is 79.9 cm³/mol. The van der Waals surface area contributed by atoms with Crippen molar-refractivity contribution in [1.82, 2.24) is 19.5 Å². The minimum absolute atomic E-state index is 0.166. The summed E-state index contributed by atoms with van der Waals surface area (Å²) in [7, 11) is 0. The summed E-state index contributed by atoms with van der Waals surface area (Å²) in [5.41, 5.74) is 3.82. The molecule has 102 valence electrons. The molecule has 5 heteroatoms. The second kappa shape index (κ2) is 5.21. The first-order valence-electron chi connectivity index (χ1n) is 6.52. The first kappa shape index (κ1) is 13.1. The molecule has 0 amide bonds. The van der Waals surface area contributed by atoms with Crippen LogP contribution in [0.2, 0.25) is 0 Å². The summed E-state index contributed by atoms with van der Waals surface area (Å²) in [6.07, 6.45) is 3.62. The smallest absolute Gasteiger partial charge is 0.160 e. The zero-order valence-electron chi connectivity index (χ0n) is 11.4. The van der Waals surface area contributed by atoms with Crippen molar-refractivity contribution in [1.29, 1.82) is 0 Å². The Balaban J connectivity index is 2.15. The number of pyridine rings is 2. The number of aryl methyl sites for hydroxylation is 1. The number of hydrogen-bond donors (Lipinski definition) is 0. The van der Waals surface area contributed by atoms with Crippen molar-refractivity contribution in [2.24, 2.45) is 0 Å². The number of fused-ring (bicyclic) bond motifs is 1. The molecule has 0 aromatic carbocycles. The molecule has 0 N–H and O–H groups in total. The quantitative estimate of drug-likeness (QED) is 0.692. The van der Waals surface area contributed by atoms with E-state index >= 15 is 0 Å². The van der Waals surface area contributed by atoms with Gasteiger partial charge in [-0.05, 0) is 37.6 Å². The van der Waals surface area contributed by atoms with Crippen LogP contribution >= 0.6 is 11.6 Å². The standard InChI is InChI=1S/C15H15ClN4/c1-10-5-6-13-15(18-10)20(14(19-13)11(2)16)9-12-4-3-7-17-8-12/h3-8,11H,9H2,1-2H3. The first-order valence-corrected chi connectivity index (χ1v) is 6.95. The molecule has 1 unspecified atom stereocenters. The molecule has 0 saturated carbocycles. The van der Waals surface area contributed by atoms with Crippen LogP contribution in [-0.2, 0) is 6.54 Å². The van der Waals surface area contributed by atoms with Crippen molar-refractivity contribution in [3.63, 3.8) is 0 Å². The summed E-state index contributed by atoms with van der Waals surface area (Å²) < 4.78 is 2.07. The Hall–Kier alpha value is -1.94. The van der Waals surface area contributed by atoms with Gasteiger partial charge in [-0.2, -0.15) is 0 Å². The Morgan fingerprint density at radius 1 is 1.25 bits per heavy atom. The van der Waals surface area contributed by atoms with E-state index in [-0.39, 0.29) is 5.38 Å². The summed E-state index contributed by atoms with van der Waals surface area (Å²) in [5.74, 6) is 0.837. The Morgan fingerprint density at radius 2 is 2.10 bits per heavy atom. The average molecular weight is 287 g/mol. The highest BCUT2D eigenvalue weighted by Gasteiger charge is 2.16. The van der Waals surface area contributed by atoms with Gasteiger partial charge in [0.1, 0.15) is 11.3 Å². The Bertz CT molecular complexity index is 734. The number of imidazole rings is 1. The van der Waals surface area contributed by atoms with Crippen LogP contribution in [0.5, 0.6) is 0 Å². The second-order valence-electron chi connectivity index (χ2n) is 4.83. The molecule has 0 aliphatic carbocycles. The van der Waals surface area contributed by atoms with Gasteiger partial charge in [0.05, 0.1) is 11.9 Å². The molecule has 0 spiro atoms. The number of hydrogen-bond acceptors (Lipinski definition) is 3. The van der Waals surface area contributed by atoms with Crippen LogP contribution in [0.25, 0.3) is 11.2 Å². The lowest BCUT2D eigenvalue weighted by Gasteiger charge is -2.09. The molecule has 0 aliphatic rings. The van der Waals surface area contributed by atoms with Crippen LogP contribution in [-0.4, -0.2) is 19.5 Å². The number of halogens is 1. The number of nitrogens with zero attached hydrogens (tertiary/aromatic N) is 4.